The van der Waals surface area contributed by atoms with Crippen LogP contribution in [0.4, 0.5) is 0 Å². The zero-order valence-electron chi connectivity index (χ0n) is 13.1. The van der Waals surface area contributed by atoms with Crippen LogP contribution in [0.5, 0.6) is 0 Å². The lowest BCUT2D eigenvalue weighted by Crippen LogP contribution is -2.35. The van der Waals surface area contributed by atoms with Crippen LogP contribution in [0.25, 0.3) is 0 Å². The summed E-state index contributed by atoms with van der Waals surface area (Å²) in [5, 5.41) is 4.09. The summed E-state index contributed by atoms with van der Waals surface area (Å²) in [5.41, 5.74) is 1.16. The minimum Gasteiger partial charge on any atom is -0.339 e. The molecular weight excluding hydrogens is 310 g/mol. The summed E-state index contributed by atoms with van der Waals surface area (Å²) < 4.78 is 5.23. The van der Waals surface area contributed by atoms with Gasteiger partial charge in [0.15, 0.2) is 5.82 Å². The highest BCUT2D eigenvalue weighted by atomic mass is 32.2. The molecule has 2 aliphatic heterocycles. The molecule has 0 bridgehead atoms. The summed E-state index contributed by atoms with van der Waals surface area (Å²) >= 11 is 1.77. The number of fused-ring (bicyclic) bond motifs is 1. The van der Waals surface area contributed by atoms with Gasteiger partial charge in [0.25, 0.3) is 0 Å². The molecule has 6 heteroatoms. The van der Waals surface area contributed by atoms with Gasteiger partial charge in [0.2, 0.25) is 11.8 Å². The van der Waals surface area contributed by atoms with E-state index in [1.54, 1.807) is 11.8 Å². The minimum atomic E-state index is -0.0469. The van der Waals surface area contributed by atoms with Gasteiger partial charge in [0, 0.05) is 23.6 Å². The Bertz CT molecular complexity index is 730. The average Bonchev–Trinajstić information content (AvgIpc) is 3.31. The minimum absolute atomic E-state index is 0.0377. The van der Waals surface area contributed by atoms with Crippen LogP contribution in [0.3, 0.4) is 0 Å². The van der Waals surface area contributed by atoms with Gasteiger partial charge < -0.3 is 9.42 Å². The summed E-state index contributed by atoms with van der Waals surface area (Å²) in [6.07, 6.45) is 2.63. The van der Waals surface area contributed by atoms with Gasteiger partial charge in [-0.2, -0.15) is 4.98 Å². The first-order valence-electron chi connectivity index (χ1n) is 8.12. The maximum Gasteiger partial charge on any atom is 0.231 e. The largest absolute Gasteiger partial charge is 0.339 e. The van der Waals surface area contributed by atoms with E-state index in [1.165, 1.54) is 4.90 Å². The number of carbonyl (C=O) groups excluding carboxylic acids is 1. The van der Waals surface area contributed by atoms with Gasteiger partial charge >= 0.3 is 0 Å². The zero-order valence-corrected chi connectivity index (χ0v) is 13.9. The number of aromatic nitrogens is 2. The molecule has 2 aromatic rings. The molecule has 1 aromatic carbocycles. The second kappa shape index (κ2) is 6.00. The molecule has 4 rings (SSSR count). The van der Waals surface area contributed by atoms with Crippen molar-refractivity contribution in [3.63, 3.8) is 0 Å². The van der Waals surface area contributed by atoms with E-state index < -0.39 is 0 Å². The van der Waals surface area contributed by atoms with Gasteiger partial charge in [0.1, 0.15) is 0 Å². The summed E-state index contributed by atoms with van der Waals surface area (Å²) in [6.45, 7) is 2.77. The normalized spacial score (nSPS) is 23.3. The maximum atomic E-state index is 13.1. The number of likely N-dealkylation sites (tertiary alicyclic amines) is 1. The molecular formula is C17H19N3O2S. The highest BCUT2D eigenvalue weighted by Crippen LogP contribution is 2.42. The van der Waals surface area contributed by atoms with Crippen LogP contribution < -0.4 is 0 Å². The lowest BCUT2D eigenvalue weighted by Gasteiger charge is -2.25. The molecule has 23 heavy (non-hydrogen) atoms. The molecule has 0 N–H and O–H groups in total. The van der Waals surface area contributed by atoms with Crippen LogP contribution in [0, 0.1) is 0 Å². The van der Waals surface area contributed by atoms with Gasteiger partial charge in [-0.15, -0.1) is 11.8 Å². The van der Waals surface area contributed by atoms with Crippen LogP contribution in [0.1, 0.15) is 49.0 Å². The third-order valence-corrected chi connectivity index (χ3v) is 5.80. The molecule has 1 amide bonds. The Hall–Kier alpha value is -1.82. The number of amides is 1. The molecule has 0 aliphatic carbocycles. The number of hydrogen-bond donors (Lipinski definition) is 0. The van der Waals surface area contributed by atoms with E-state index in [0.717, 1.165) is 37.1 Å². The van der Waals surface area contributed by atoms with Crippen molar-refractivity contribution >= 4 is 17.7 Å². The number of thioether (sulfide) groups is 1. The van der Waals surface area contributed by atoms with E-state index >= 15 is 0 Å². The Labute approximate surface area is 139 Å². The second-order valence-corrected chi connectivity index (χ2v) is 7.05. The first kappa shape index (κ1) is 14.8. The van der Waals surface area contributed by atoms with Gasteiger partial charge in [0.05, 0.1) is 12.0 Å². The second-order valence-electron chi connectivity index (χ2n) is 5.99. The first-order valence-corrected chi connectivity index (χ1v) is 9.11. The Morgan fingerprint density at radius 2 is 2.30 bits per heavy atom. The highest BCUT2D eigenvalue weighted by molar-refractivity contribution is 7.99. The molecule has 0 radical (unpaired) electrons. The van der Waals surface area contributed by atoms with Crippen molar-refractivity contribution in [1.82, 2.24) is 15.0 Å². The number of rotatable bonds is 3. The van der Waals surface area contributed by atoms with Crippen molar-refractivity contribution in [1.29, 1.82) is 0 Å². The van der Waals surface area contributed by atoms with Crippen molar-refractivity contribution in [2.75, 3.05) is 12.3 Å². The van der Waals surface area contributed by atoms with Gasteiger partial charge in [-0.3, -0.25) is 4.79 Å². The van der Waals surface area contributed by atoms with E-state index in [0.29, 0.717) is 11.7 Å². The van der Waals surface area contributed by atoms with Crippen LogP contribution in [0.15, 0.2) is 33.7 Å². The van der Waals surface area contributed by atoms with E-state index in [2.05, 4.69) is 22.3 Å². The lowest BCUT2D eigenvalue weighted by molar-refractivity contribution is -0.133. The molecule has 1 aromatic heterocycles. The molecule has 2 aliphatic rings. The van der Waals surface area contributed by atoms with Crippen molar-refractivity contribution in [2.24, 2.45) is 0 Å². The highest BCUT2D eigenvalue weighted by Gasteiger charge is 2.39. The third kappa shape index (κ3) is 2.55. The number of carbonyl (C=O) groups is 1. The average molecular weight is 329 g/mol. The fourth-order valence-electron chi connectivity index (χ4n) is 3.41. The maximum absolute atomic E-state index is 13.1. The summed E-state index contributed by atoms with van der Waals surface area (Å²) in [7, 11) is 0. The van der Waals surface area contributed by atoms with E-state index in [1.807, 2.05) is 24.0 Å². The molecule has 120 valence electrons. The predicted molar refractivity (Wildman–Crippen MR) is 87.3 cm³/mol. The Morgan fingerprint density at radius 1 is 1.43 bits per heavy atom. The fraction of sp³-hybridized carbons (Fsp3) is 0.471. The van der Waals surface area contributed by atoms with Crippen LogP contribution in [-0.2, 0) is 11.2 Å². The Morgan fingerprint density at radius 3 is 3.13 bits per heavy atom. The van der Waals surface area contributed by atoms with E-state index in [9.17, 15) is 4.79 Å². The molecule has 0 saturated carbocycles. The summed E-state index contributed by atoms with van der Waals surface area (Å²) in [6, 6.07) is 8.18. The Kier molecular flexibility index (Phi) is 3.85. The third-order valence-electron chi connectivity index (χ3n) is 4.62. The SMILES string of the molecule is CCc1nc([C@@H]2CCCN2C(=O)[C@@H]2CSc3ccccc32)no1. The lowest BCUT2D eigenvalue weighted by atomic mass is 9.99. The quantitative estimate of drug-likeness (QED) is 0.865. The van der Waals surface area contributed by atoms with Crippen molar-refractivity contribution in [3.05, 3.63) is 41.5 Å². The van der Waals surface area contributed by atoms with Crippen LogP contribution in [0.2, 0.25) is 0 Å². The first-order chi connectivity index (χ1) is 11.3. The van der Waals surface area contributed by atoms with E-state index in [-0.39, 0.29) is 17.9 Å². The fourth-order valence-corrected chi connectivity index (χ4v) is 4.63. The van der Waals surface area contributed by atoms with Crippen LogP contribution >= 0.6 is 11.8 Å². The molecule has 5 nitrogen and oxygen atoms in total. The zero-order chi connectivity index (χ0) is 15.8. The van der Waals surface area contributed by atoms with Gasteiger partial charge in [-0.05, 0) is 24.5 Å². The number of benzene rings is 1. The molecule has 3 heterocycles. The van der Waals surface area contributed by atoms with Crippen molar-refractivity contribution < 1.29 is 9.32 Å². The Balaban J connectivity index is 1.58. The van der Waals surface area contributed by atoms with E-state index in [4.69, 9.17) is 4.52 Å². The van der Waals surface area contributed by atoms with Crippen molar-refractivity contribution in [2.45, 2.75) is 43.0 Å². The summed E-state index contributed by atoms with van der Waals surface area (Å²) in [5.74, 6) is 2.28. The van der Waals surface area contributed by atoms with Gasteiger partial charge in [-0.25, -0.2) is 0 Å². The molecule has 0 unspecified atom stereocenters. The molecule has 2 atom stereocenters. The smallest absolute Gasteiger partial charge is 0.231 e. The topological polar surface area (TPSA) is 59.2 Å². The number of aryl methyl sites for hydroxylation is 1. The molecule has 1 saturated heterocycles. The van der Waals surface area contributed by atoms with Crippen LogP contribution in [-0.4, -0.2) is 33.2 Å². The molecule has 0 spiro atoms. The number of hydrogen-bond acceptors (Lipinski definition) is 5. The summed E-state index contributed by atoms with van der Waals surface area (Å²) in [4.78, 5) is 20.7. The monoisotopic (exact) mass is 329 g/mol. The number of nitrogens with zero attached hydrogens (tertiary/aromatic N) is 3. The molecule has 1 fully saturated rings. The standard InChI is InChI=1S/C17H19N3O2S/c1-2-15-18-16(19-22-15)13-7-5-9-20(13)17(21)12-10-23-14-8-4-3-6-11(12)14/h3-4,6,8,12-13H,2,5,7,9-10H2,1H3/t12-,13+/m1/s1. The van der Waals surface area contributed by atoms with Gasteiger partial charge in [-0.1, -0.05) is 30.3 Å². The van der Waals surface area contributed by atoms with Crippen molar-refractivity contribution in [3.8, 4) is 0 Å². The predicted octanol–water partition coefficient (Wildman–Crippen LogP) is 3.19.